The van der Waals surface area contributed by atoms with Gasteiger partial charge in [0.15, 0.2) is 5.05 Å². The molecule has 0 amide bonds. The Balaban J connectivity index is 1.94. The molecular weight excluding hydrogens is 300 g/mol. The van der Waals surface area contributed by atoms with Crippen molar-refractivity contribution in [2.24, 2.45) is 0 Å². The summed E-state index contributed by atoms with van der Waals surface area (Å²) < 4.78 is 15.3. The monoisotopic (exact) mass is 316 g/mol. The summed E-state index contributed by atoms with van der Waals surface area (Å²) in [6, 6.07) is 14.4. The molecule has 0 radical (unpaired) electrons. The van der Waals surface area contributed by atoms with Crippen LogP contribution in [0.1, 0.15) is 21.5 Å². The van der Waals surface area contributed by atoms with Gasteiger partial charge in [0, 0.05) is 5.56 Å². The number of carbonyl (C=O) groups excluding carboxylic acids is 1. The number of hydrogen-bond acceptors (Lipinski definition) is 5. The molecule has 5 heteroatoms. The summed E-state index contributed by atoms with van der Waals surface area (Å²) in [4.78, 5) is 11.3. The molecule has 0 aliphatic heterocycles. The fourth-order valence-corrected chi connectivity index (χ4v) is 2.01. The zero-order valence-corrected chi connectivity index (χ0v) is 13.2. The summed E-state index contributed by atoms with van der Waals surface area (Å²) in [5.41, 5.74) is 2.24. The number of benzene rings is 2. The Kier molecular flexibility index (Phi) is 5.49. The number of thiocarbonyl (C=S) groups is 1. The minimum atomic E-state index is -0.360. The normalized spacial score (nSPS) is 9.91. The molecule has 0 spiro atoms. The highest BCUT2D eigenvalue weighted by molar-refractivity contribution is 7.80. The van der Waals surface area contributed by atoms with Crippen molar-refractivity contribution in [2.45, 2.75) is 6.61 Å². The maximum absolute atomic E-state index is 11.3. The van der Waals surface area contributed by atoms with Crippen LogP contribution in [-0.4, -0.2) is 25.2 Å². The standard InChI is InChI=1S/C17H16O4S/c1-19-15-9-7-14(8-10-15)17(22)21-11-12-3-5-13(6-4-12)16(18)20-2/h3-10H,11H2,1-2H3. The Morgan fingerprint density at radius 2 is 1.55 bits per heavy atom. The molecule has 0 aliphatic rings. The molecule has 0 saturated carbocycles. The zero-order chi connectivity index (χ0) is 15.9. The van der Waals surface area contributed by atoms with E-state index in [9.17, 15) is 4.79 Å². The molecule has 0 saturated heterocycles. The van der Waals surface area contributed by atoms with Crippen molar-refractivity contribution in [1.29, 1.82) is 0 Å². The lowest BCUT2D eigenvalue weighted by atomic mass is 10.1. The molecule has 22 heavy (non-hydrogen) atoms. The average Bonchev–Trinajstić information content (AvgIpc) is 2.59. The molecule has 0 heterocycles. The fraction of sp³-hybridized carbons (Fsp3) is 0.176. The second kappa shape index (κ2) is 7.56. The van der Waals surface area contributed by atoms with Gasteiger partial charge in [0.25, 0.3) is 0 Å². The smallest absolute Gasteiger partial charge is 0.337 e. The number of esters is 1. The Labute approximate surface area is 134 Å². The predicted molar refractivity (Wildman–Crippen MR) is 87.3 cm³/mol. The summed E-state index contributed by atoms with van der Waals surface area (Å²) in [5.74, 6) is 0.408. The van der Waals surface area contributed by atoms with Crippen LogP contribution in [0.25, 0.3) is 0 Å². The lowest BCUT2D eigenvalue weighted by Crippen LogP contribution is -2.05. The number of methoxy groups -OCH3 is 2. The first-order chi connectivity index (χ1) is 10.6. The van der Waals surface area contributed by atoms with Crippen molar-refractivity contribution < 1.29 is 19.0 Å². The van der Waals surface area contributed by atoms with Crippen molar-refractivity contribution >= 4 is 23.2 Å². The van der Waals surface area contributed by atoms with Crippen LogP contribution in [0.3, 0.4) is 0 Å². The van der Waals surface area contributed by atoms with E-state index in [0.29, 0.717) is 17.2 Å². The van der Waals surface area contributed by atoms with E-state index < -0.39 is 0 Å². The van der Waals surface area contributed by atoms with Crippen LogP contribution in [-0.2, 0) is 16.1 Å². The number of carbonyl (C=O) groups is 1. The van der Waals surface area contributed by atoms with Crippen LogP contribution in [0.2, 0.25) is 0 Å². The van der Waals surface area contributed by atoms with Gasteiger partial charge in [0.05, 0.1) is 19.8 Å². The van der Waals surface area contributed by atoms with Gasteiger partial charge in [-0.3, -0.25) is 0 Å². The second-order valence-electron chi connectivity index (χ2n) is 4.49. The maximum atomic E-state index is 11.3. The summed E-state index contributed by atoms with van der Waals surface area (Å²) in [5, 5.41) is 0.416. The second-order valence-corrected chi connectivity index (χ2v) is 4.86. The molecule has 0 fully saturated rings. The third kappa shape index (κ3) is 4.05. The highest BCUT2D eigenvalue weighted by atomic mass is 32.1. The highest BCUT2D eigenvalue weighted by Crippen LogP contribution is 2.14. The van der Waals surface area contributed by atoms with Gasteiger partial charge >= 0.3 is 5.97 Å². The summed E-state index contributed by atoms with van der Waals surface area (Å²) in [6.45, 7) is 0.340. The quantitative estimate of drug-likeness (QED) is 0.625. The fourth-order valence-electron chi connectivity index (χ4n) is 1.81. The van der Waals surface area contributed by atoms with Crippen molar-refractivity contribution in [2.75, 3.05) is 14.2 Å². The van der Waals surface area contributed by atoms with Crippen molar-refractivity contribution in [3.05, 3.63) is 65.2 Å². The topological polar surface area (TPSA) is 44.8 Å². The van der Waals surface area contributed by atoms with Crippen LogP contribution in [0.5, 0.6) is 5.75 Å². The molecule has 0 bridgehead atoms. The molecule has 114 valence electrons. The van der Waals surface area contributed by atoms with Gasteiger partial charge in [-0.15, -0.1) is 0 Å². The van der Waals surface area contributed by atoms with Gasteiger partial charge in [0.2, 0.25) is 0 Å². The van der Waals surface area contributed by atoms with Crippen LogP contribution in [0, 0.1) is 0 Å². The van der Waals surface area contributed by atoms with Gasteiger partial charge in [-0.1, -0.05) is 12.1 Å². The van der Waals surface area contributed by atoms with Crippen molar-refractivity contribution in [3.63, 3.8) is 0 Å². The summed E-state index contributed by atoms with van der Waals surface area (Å²) in [7, 11) is 2.97. The summed E-state index contributed by atoms with van der Waals surface area (Å²) in [6.07, 6.45) is 0. The lowest BCUT2D eigenvalue weighted by Gasteiger charge is -2.09. The maximum Gasteiger partial charge on any atom is 0.337 e. The van der Waals surface area contributed by atoms with Crippen molar-refractivity contribution in [3.8, 4) is 5.75 Å². The van der Waals surface area contributed by atoms with Crippen LogP contribution >= 0.6 is 12.2 Å². The van der Waals surface area contributed by atoms with E-state index >= 15 is 0 Å². The number of rotatable bonds is 5. The average molecular weight is 316 g/mol. The third-order valence-corrected chi connectivity index (χ3v) is 3.42. The molecular formula is C17H16O4S. The summed E-state index contributed by atoms with van der Waals surface area (Å²) >= 11 is 5.25. The van der Waals surface area contributed by atoms with E-state index in [1.54, 1.807) is 19.2 Å². The minimum absolute atomic E-state index is 0.340. The van der Waals surface area contributed by atoms with Crippen molar-refractivity contribution in [1.82, 2.24) is 0 Å². The molecule has 0 N–H and O–H groups in total. The molecule has 0 unspecified atom stereocenters. The van der Waals surface area contributed by atoms with E-state index in [4.69, 9.17) is 21.7 Å². The minimum Gasteiger partial charge on any atom is -0.497 e. The Morgan fingerprint density at radius 3 is 2.09 bits per heavy atom. The van der Waals surface area contributed by atoms with Crippen LogP contribution in [0.15, 0.2) is 48.5 Å². The first-order valence-corrected chi connectivity index (χ1v) is 7.03. The molecule has 0 aromatic heterocycles. The van der Waals surface area contributed by atoms with E-state index in [1.807, 2.05) is 36.4 Å². The Hall–Kier alpha value is -2.40. The first-order valence-electron chi connectivity index (χ1n) is 6.62. The lowest BCUT2D eigenvalue weighted by molar-refractivity contribution is 0.0600. The number of hydrogen-bond donors (Lipinski definition) is 0. The molecule has 0 aliphatic carbocycles. The molecule has 2 aromatic rings. The predicted octanol–water partition coefficient (Wildman–Crippen LogP) is 3.37. The Bertz CT molecular complexity index is 647. The van der Waals surface area contributed by atoms with Gasteiger partial charge in [0.1, 0.15) is 12.4 Å². The van der Waals surface area contributed by atoms with Gasteiger partial charge in [-0.2, -0.15) is 0 Å². The van der Waals surface area contributed by atoms with E-state index in [1.165, 1.54) is 7.11 Å². The Morgan fingerprint density at radius 1 is 0.955 bits per heavy atom. The highest BCUT2D eigenvalue weighted by Gasteiger charge is 2.06. The molecule has 2 rings (SSSR count). The molecule has 4 nitrogen and oxygen atoms in total. The first kappa shape index (κ1) is 16.0. The number of ether oxygens (including phenoxy) is 3. The molecule has 2 aromatic carbocycles. The van der Waals surface area contributed by atoms with Gasteiger partial charge in [-0.25, -0.2) is 4.79 Å². The van der Waals surface area contributed by atoms with E-state index in [2.05, 4.69) is 4.74 Å². The van der Waals surface area contributed by atoms with Gasteiger partial charge < -0.3 is 14.2 Å². The van der Waals surface area contributed by atoms with E-state index in [-0.39, 0.29) is 5.97 Å². The molecule has 0 atom stereocenters. The van der Waals surface area contributed by atoms with Crippen LogP contribution < -0.4 is 4.74 Å². The largest absolute Gasteiger partial charge is 0.497 e. The van der Waals surface area contributed by atoms with E-state index in [0.717, 1.165) is 16.9 Å². The SMILES string of the molecule is COC(=O)c1ccc(COC(=S)c2ccc(OC)cc2)cc1. The third-order valence-electron chi connectivity index (χ3n) is 3.07. The van der Waals surface area contributed by atoms with Crippen LogP contribution in [0.4, 0.5) is 0 Å². The zero-order valence-electron chi connectivity index (χ0n) is 12.4. The van der Waals surface area contributed by atoms with Gasteiger partial charge in [-0.05, 0) is 54.2 Å².